The van der Waals surface area contributed by atoms with Crippen molar-refractivity contribution in [3.63, 3.8) is 0 Å². The molecule has 3 N–H and O–H groups in total. The molecule has 122 valence electrons. The van der Waals surface area contributed by atoms with Crippen molar-refractivity contribution in [2.75, 3.05) is 19.0 Å². The van der Waals surface area contributed by atoms with Crippen LogP contribution in [0.25, 0.3) is 0 Å². The predicted octanol–water partition coefficient (Wildman–Crippen LogP) is 2.48. The van der Waals surface area contributed by atoms with Gasteiger partial charge in [0.25, 0.3) is 5.91 Å². The van der Waals surface area contributed by atoms with Gasteiger partial charge in [0.1, 0.15) is 5.75 Å². The van der Waals surface area contributed by atoms with E-state index in [9.17, 15) is 9.90 Å². The second-order valence-corrected chi connectivity index (χ2v) is 5.26. The molecule has 0 saturated carbocycles. The lowest BCUT2D eigenvalue weighted by Crippen LogP contribution is -2.24. The van der Waals surface area contributed by atoms with E-state index in [0.29, 0.717) is 5.75 Å². The standard InChI is InChI=1S/C18H22N2O3/c1-13(15-5-3-4-14(10-15)11-21)20-16-6-8-17(9-7-16)23-12-18(22)19-2/h3-10,13,20-21H,11-12H2,1-2H3,(H,19,22). The van der Waals surface area contributed by atoms with E-state index in [-0.39, 0.29) is 25.2 Å². The fourth-order valence-electron chi connectivity index (χ4n) is 2.16. The number of nitrogens with one attached hydrogen (secondary N) is 2. The topological polar surface area (TPSA) is 70.6 Å². The summed E-state index contributed by atoms with van der Waals surface area (Å²) in [6.45, 7) is 2.11. The summed E-state index contributed by atoms with van der Waals surface area (Å²) in [6.07, 6.45) is 0. The van der Waals surface area contributed by atoms with Gasteiger partial charge in [-0.05, 0) is 42.3 Å². The van der Waals surface area contributed by atoms with Crippen molar-refractivity contribution in [1.82, 2.24) is 5.32 Å². The highest BCUT2D eigenvalue weighted by Gasteiger charge is 2.06. The molecule has 0 aromatic heterocycles. The highest BCUT2D eigenvalue weighted by atomic mass is 16.5. The molecule has 2 aromatic carbocycles. The second-order valence-electron chi connectivity index (χ2n) is 5.26. The molecule has 2 rings (SSSR count). The average molecular weight is 314 g/mol. The second kappa shape index (κ2) is 8.19. The molecule has 0 bridgehead atoms. The van der Waals surface area contributed by atoms with Gasteiger partial charge >= 0.3 is 0 Å². The molecule has 0 aliphatic carbocycles. The van der Waals surface area contributed by atoms with Gasteiger partial charge in [0.2, 0.25) is 0 Å². The van der Waals surface area contributed by atoms with Crippen LogP contribution in [-0.4, -0.2) is 24.7 Å². The Balaban J connectivity index is 1.95. The summed E-state index contributed by atoms with van der Waals surface area (Å²) in [5.74, 6) is 0.485. The van der Waals surface area contributed by atoms with Crippen molar-refractivity contribution in [2.45, 2.75) is 19.6 Å². The largest absolute Gasteiger partial charge is 0.484 e. The van der Waals surface area contributed by atoms with Crippen LogP contribution in [0.2, 0.25) is 0 Å². The van der Waals surface area contributed by atoms with Crippen molar-refractivity contribution >= 4 is 11.6 Å². The van der Waals surface area contributed by atoms with Gasteiger partial charge in [-0.3, -0.25) is 4.79 Å². The van der Waals surface area contributed by atoms with E-state index in [0.717, 1.165) is 16.8 Å². The lowest BCUT2D eigenvalue weighted by Gasteiger charge is -2.17. The van der Waals surface area contributed by atoms with Crippen molar-refractivity contribution in [1.29, 1.82) is 0 Å². The van der Waals surface area contributed by atoms with Gasteiger partial charge in [-0.15, -0.1) is 0 Å². The fourth-order valence-corrected chi connectivity index (χ4v) is 2.16. The third-order valence-corrected chi connectivity index (χ3v) is 3.52. The van der Waals surface area contributed by atoms with E-state index in [1.807, 2.05) is 48.5 Å². The van der Waals surface area contributed by atoms with Crippen LogP contribution < -0.4 is 15.4 Å². The number of aliphatic hydroxyl groups excluding tert-OH is 1. The van der Waals surface area contributed by atoms with E-state index in [4.69, 9.17) is 4.74 Å². The molecule has 1 atom stereocenters. The van der Waals surface area contributed by atoms with Crippen LogP contribution in [0.1, 0.15) is 24.1 Å². The van der Waals surface area contributed by atoms with Crippen molar-refractivity contribution in [2.24, 2.45) is 0 Å². The van der Waals surface area contributed by atoms with Crippen LogP contribution in [0.4, 0.5) is 5.69 Å². The summed E-state index contributed by atoms with van der Waals surface area (Å²) in [6, 6.07) is 15.4. The first-order valence-corrected chi connectivity index (χ1v) is 7.52. The molecule has 0 spiro atoms. The molecule has 2 aromatic rings. The molecule has 0 aliphatic heterocycles. The minimum atomic E-state index is -0.162. The zero-order valence-electron chi connectivity index (χ0n) is 13.4. The van der Waals surface area contributed by atoms with E-state index < -0.39 is 0 Å². The molecule has 23 heavy (non-hydrogen) atoms. The number of rotatable bonds is 7. The third kappa shape index (κ3) is 5.00. The normalized spacial score (nSPS) is 11.6. The molecule has 0 heterocycles. The Hall–Kier alpha value is -2.53. The van der Waals surface area contributed by atoms with Gasteiger partial charge < -0.3 is 20.5 Å². The van der Waals surface area contributed by atoms with Crippen LogP contribution in [0.15, 0.2) is 48.5 Å². The maximum absolute atomic E-state index is 11.1. The Morgan fingerprint density at radius 2 is 1.96 bits per heavy atom. The first kappa shape index (κ1) is 16.8. The average Bonchev–Trinajstić information content (AvgIpc) is 2.60. The van der Waals surface area contributed by atoms with Crippen molar-refractivity contribution in [3.8, 4) is 5.75 Å². The summed E-state index contributed by atoms with van der Waals surface area (Å²) in [5.41, 5.74) is 2.96. The Morgan fingerprint density at radius 3 is 2.61 bits per heavy atom. The summed E-state index contributed by atoms with van der Waals surface area (Å²) in [7, 11) is 1.58. The molecular weight excluding hydrogens is 292 g/mol. The maximum Gasteiger partial charge on any atom is 0.257 e. The van der Waals surface area contributed by atoms with Crippen LogP contribution in [-0.2, 0) is 11.4 Å². The summed E-state index contributed by atoms with van der Waals surface area (Å²) >= 11 is 0. The van der Waals surface area contributed by atoms with Gasteiger partial charge in [0.05, 0.1) is 6.61 Å². The van der Waals surface area contributed by atoms with E-state index in [1.165, 1.54) is 0 Å². The molecule has 5 nitrogen and oxygen atoms in total. The molecule has 0 aliphatic rings. The summed E-state index contributed by atoms with van der Waals surface area (Å²) in [5, 5.41) is 15.1. The van der Waals surface area contributed by atoms with Gasteiger partial charge in [0.15, 0.2) is 6.61 Å². The number of hydrogen-bond acceptors (Lipinski definition) is 4. The first-order chi connectivity index (χ1) is 11.1. The number of likely N-dealkylation sites (N-methyl/N-ethyl adjacent to an activating group) is 1. The Labute approximate surface area is 136 Å². The highest BCUT2D eigenvalue weighted by Crippen LogP contribution is 2.22. The third-order valence-electron chi connectivity index (χ3n) is 3.52. The molecule has 5 heteroatoms. The van der Waals surface area contributed by atoms with Gasteiger partial charge in [-0.25, -0.2) is 0 Å². The lowest BCUT2D eigenvalue weighted by molar-refractivity contribution is -0.122. The van der Waals surface area contributed by atoms with Gasteiger partial charge in [-0.2, -0.15) is 0 Å². The molecule has 0 radical (unpaired) electrons. The quantitative estimate of drug-likeness (QED) is 0.734. The Morgan fingerprint density at radius 1 is 1.22 bits per heavy atom. The minimum Gasteiger partial charge on any atom is -0.484 e. The lowest BCUT2D eigenvalue weighted by atomic mass is 10.1. The summed E-state index contributed by atoms with van der Waals surface area (Å²) < 4.78 is 5.37. The predicted molar refractivity (Wildman–Crippen MR) is 90.4 cm³/mol. The Kier molecular flexibility index (Phi) is 6.00. The minimum absolute atomic E-state index is 0.00757. The molecule has 0 saturated heterocycles. The van der Waals surface area contributed by atoms with Crippen LogP contribution in [0.5, 0.6) is 5.75 Å². The van der Waals surface area contributed by atoms with E-state index in [2.05, 4.69) is 17.6 Å². The van der Waals surface area contributed by atoms with Crippen LogP contribution in [0.3, 0.4) is 0 Å². The number of carbonyl (C=O) groups is 1. The zero-order valence-corrected chi connectivity index (χ0v) is 13.4. The van der Waals surface area contributed by atoms with E-state index in [1.54, 1.807) is 7.05 Å². The number of benzene rings is 2. The molecule has 1 amide bonds. The fraction of sp³-hybridized carbons (Fsp3) is 0.278. The number of hydrogen-bond donors (Lipinski definition) is 3. The first-order valence-electron chi connectivity index (χ1n) is 7.52. The number of anilines is 1. The maximum atomic E-state index is 11.1. The molecular formula is C18H22N2O3. The molecule has 0 fully saturated rings. The summed E-state index contributed by atoms with van der Waals surface area (Å²) in [4.78, 5) is 11.1. The SMILES string of the molecule is CNC(=O)COc1ccc(NC(C)c2cccc(CO)c2)cc1. The number of amides is 1. The number of carbonyl (C=O) groups excluding carboxylic acids is 1. The zero-order chi connectivity index (χ0) is 16.7. The van der Waals surface area contributed by atoms with Gasteiger partial charge in [0, 0.05) is 18.8 Å². The van der Waals surface area contributed by atoms with Crippen molar-refractivity contribution < 1.29 is 14.6 Å². The van der Waals surface area contributed by atoms with E-state index >= 15 is 0 Å². The number of ether oxygens (including phenoxy) is 1. The highest BCUT2D eigenvalue weighted by molar-refractivity contribution is 5.77. The van der Waals surface area contributed by atoms with Crippen LogP contribution in [0, 0.1) is 0 Å². The van der Waals surface area contributed by atoms with Crippen LogP contribution >= 0.6 is 0 Å². The molecule has 1 unspecified atom stereocenters. The van der Waals surface area contributed by atoms with Gasteiger partial charge in [-0.1, -0.05) is 24.3 Å². The smallest absolute Gasteiger partial charge is 0.257 e. The number of aliphatic hydroxyl groups is 1. The monoisotopic (exact) mass is 314 g/mol. The Bertz CT molecular complexity index is 641. The van der Waals surface area contributed by atoms with Crippen molar-refractivity contribution in [3.05, 3.63) is 59.7 Å².